The lowest BCUT2D eigenvalue weighted by molar-refractivity contribution is -0.122. The van der Waals surface area contributed by atoms with E-state index in [9.17, 15) is 4.79 Å². The summed E-state index contributed by atoms with van der Waals surface area (Å²) in [6.07, 6.45) is 0.784. The molecule has 0 heterocycles. The van der Waals surface area contributed by atoms with Crippen LogP contribution < -0.4 is 11.1 Å². The lowest BCUT2D eigenvalue weighted by Crippen LogP contribution is -2.28. The van der Waals surface area contributed by atoms with Gasteiger partial charge in [-0.25, -0.2) is 0 Å². The molecule has 0 fully saturated rings. The van der Waals surface area contributed by atoms with Crippen molar-refractivity contribution >= 4 is 11.6 Å². The molecular formula is C17H20N2O. The minimum Gasteiger partial charge on any atom is -0.399 e. The van der Waals surface area contributed by atoms with E-state index in [1.807, 2.05) is 61.5 Å². The second-order valence-corrected chi connectivity index (χ2v) is 4.83. The van der Waals surface area contributed by atoms with E-state index in [4.69, 9.17) is 5.73 Å². The maximum Gasteiger partial charge on any atom is 0.227 e. The van der Waals surface area contributed by atoms with Crippen molar-refractivity contribution in [3.63, 3.8) is 0 Å². The minimum absolute atomic E-state index is 0.0566. The Labute approximate surface area is 119 Å². The third kappa shape index (κ3) is 3.60. The Kier molecular flexibility index (Phi) is 4.77. The molecule has 1 unspecified atom stereocenters. The average molecular weight is 268 g/mol. The molecule has 3 nitrogen and oxygen atoms in total. The van der Waals surface area contributed by atoms with Gasteiger partial charge in [0, 0.05) is 12.2 Å². The number of hydrogen-bond acceptors (Lipinski definition) is 2. The molecule has 0 aliphatic rings. The molecule has 0 saturated heterocycles. The predicted octanol–water partition coefficient (Wildman–Crippen LogP) is 3.08. The van der Waals surface area contributed by atoms with E-state index < -0.39 is 0 Å². The summed E-state index contributed by atoms with van der Waals surface area (Å²) in [7, 11) is 0. The van der Waals surface area contributed by atoms with E-state index in [0.717, 1.165) is 17.5 Å². The Morgan fingerprint density at radius 2 is 1.90 bits per heavy atom. The van der Waals surface area contributed by atoms with Gasteiger partial charge >= 0.3 is 0 Å². The number of amides is 1. The molecule has 2 aromatic carbocycles. The summed E-state index contributed by atoms with van der Waals surface area (Å²) < 4.78 is 0. The summed E-state index contributed by atoms with van der Waals surface area (Å²) in [5.74, 6) is -0.0432. The summed E-state index contributed by atoms with van der Waals surface area (Å²) >= 11 is 0. The van der Waals surface area contributed by atoms with Gasteiger partial charge in [-0.05, 0) is 29.7 Å². The lowest BCUT2D eigenvalue weighted by atomic mass is 9.95. The summed E-state index contributed by atoms with van der Waals surface area (Å²) in [4.78, 5) is 12.3. The van der Waals surface area contributed by atoms with Crippen molar-refractivity contribution in [1.29, 1.82) is 0 Å². The number of nitrogens with two attached hydrogens (primary N) is 1. The number of anilines is 1. The summed E-state index contributed by atoms with van der Waals surface area (Å²) in [5.41, 5.74) is 8.51. The average Bonchev–Trinajstić information content (AvgIpc) is 2.47. The van der Waals surface area contributed by atoms with Crippen LogP contribution in [0.1, 0.15) is 30.4 Å². The van der Waals surface area contributed by atoms with Crippen LogP contribution in [-0.4, -0.2) is 5.91 Å². The zero-order valence-corrected chi connectivity index (χ0v) is 11.7. The number of carbonyl (C=O) groups excluding carboxylic acids is 1. The van der Waals surface area contributed by atoms with Crippen LogP contribution in [0.15, 0.2) is 54.6 Å². The molecule has 20 heavy (non-hydrogen) atoms. The van der Waals surface area contributed by atoms with Crippen molar-refractivity contribution in [1.82, 2.24) is 5.32 Å². The molecule has 3 heteroatoms. The Morgan fingerprint density at radius 3 is 2.55 bits per heavy atom. The highest BCUT2D eigenvalue weighted by Gasteiger charge is 2.17. The third-order valence-electron chi connectivity index (χ3n) is 3.34. The van der Waals surface area contributed by atoms with E-state index in [-0.39, 0.29) is 11.8 Å². The zero-order valence-electron chi connectivity index (χ0n) is 11.7. The summed E-state index contributed by atoms with van der Waals surface area (Å²) in [6.45, 7) is 2.53. The molecule has 0 aliphatic heterocycles. The minimum atomic E-state index is -0.0998. The van der Waals surface area contributed by atoms with Gasteiger partial charge < -0.3 is 11.1 Å². The summed E-state index contributed by atoms with van der Waals surface area (Å²) in [5, 5.41) is 2.98. The molecule has 1 atom stereocenters. The van der Waals surface area contributed by atoms with Crippen LogP contribution in [0.25, 0.3) is 0 Å². The van der Waals surface area contributed by atoms with Gasteiger partial charge in [0.25, 0.3) is 0 Å². The number of benzene rings is 2. The first-order valence-corrected chi connectivity index (χ1v) is 6.87. The fraction of sp³-hybridized carbons (Fsp3) is 0.235. The molecule has 0 bridgehead atoms. The number of hydrogen-bond donors (Lipinski definition) is 2. The van der Waals surface area contributed by atoms with Crippen LogP contribution in [-0.2, 0) is 11.3 Å². The quantitative estimate of drug-likeness (QED) is 0.819. The predicted molar refractivity (Wildman–Crippen MR) is 82.2 cm³/mol. The van der Waals surface area contributed by atoms with Crippen molar-refractivity contribution < 1.29 is 4.79 Å². The van der Waals surface area contributed by atoms with Crippen LogP contribution in [0.4, 0.5) is 5.69 Å². The van der Waals surface area contributed by atoms with E-state index >= 15 is 0 Å². The molecule has 2 aromatic rings. The van der Waals surface area contributed by atoms with Crippen molar-refractivity contribution in [3.05, 3.63) is 65.7 Å². The van der Waals surface area contributed by atoms with Crippen LogP contribution in [0.2, 0.25) is 0 Å². The molecule has 0 aromatic heterocycles. The molecule has 0 radical (unpaired) electrons. The maximum atomic E-state index is 12.3. The second kappa shape index (κ2) is 6.75. The zero-order chi connectivity index (χ0) is 14.4. The first-order chi connectivity index (χ1) is 9.70. The van der Waals surface area contributed by atoms with Crippen LogP contribution in [0.3, 0.4) is 0 Å². The lowest BCUT2D eigenvalue weighted by Gasteiger charge is -2.15. The standard InChI is InChI=1S/C17H20N2O/c1-2-16(14-8-4-3-5-9-14)17(20)19-12-13-7-6-10-15(18)11-13/h3-11,16H,2,12,18H2,1H3,(H,19,20). The van der Waals surface area contributed by atoms with E-state index in [1.165, 1.54) is 0 Å². The fourth-order valence-electron chi connectivity index (χ4n) is 2.27. The topological polar surface area (TPSA) is 55.1 Å². The molecule has 3 N–H and O–H groups in total. The molecule has 0 aliphatic carbocycles. The van der Waals surface area contributed by atoms with Gasteiger partial charge in [0.05, 0.1) is 5.92 Å². The van der Waals surface area contributed by atoms with E-state index in [2.05, 4.69) is 5.32 Å². The highest BCUT2D eigenvalue weighted by Crippen LogP contribution is 2.19. The fourth-order valence-corrected chi connectivity index (χ4v) is 2.27. The highest BCUT2D eigenvalue weighted by molar-refractivity contribution is 5.83. The van der Waals surface area contributed by atoms with Gasteiger partial charge in [-0.1, -0.05) is 49.4 Å². The number of rotatable bonds is 5. The first-order valence-electron chi connectivity index (χ1n) is 6.87. The Bertz CT molecular complexity index is 566. The normalized spacial score (nSPS) is 11.8. The van der Waals surface area contributed by atoms with Crippen molar-refractivity contribution in [2.45, 2.75) is 25.8 Å². The van der Waals surface area contributed by atoms with Gasteiger partial charge in [0.2, 0.25) is 5.91 Å². The highest BCUT2D eigenvalue weighted by atomic mass is 16.1. The van der Waals surface area contributed by atoms with Crippen molar-refractivity contribution in [2.75, 3.05) is 5.73 Å². The number of carbonyl (C=O) groups is 1. The van der Waals surface area contributed by atoms with Crippen molar-refractivity contribution in [3.8, 4) is 0 Å². The smallest absolute Gasteiger partial charge is 0.227 e. The Hall–Kier alpha value is -2.29. The van der Waals surface area contributed by atoms with Gasteiger partial charge in [-0.3, -0.25) is 4.79 Å². The van der Waals surface area contributed by atoms with Gasteiger partial charge in [0.1, 0.15) is 0 Å². The molecular weight excluding hydrogens is 248 g/mol. The monoisotopic (exact) mass is 268 g/mol. The largest absolute Gasteiger partial charge is 0.399 e. The van der Waals surface area contributed by atoms with Gasteiger partial charge in [-0.15, -0.1) is 0 Å². The maximum absolute atomic E-state index is 12.3. The molecule has 0 spiro atoms. The van der Waals surface area contributed by atoms with Crippen LogP contribution in [0.5, 0.6) is 0 Å². The SMILES string of the molecule is CCC(C(=O)NCc1cccc(N)c1)c1ccccc1. The van der Waals surface area contributed by atoms with Gasteiger partial charge in [0.15, 0.2) is 0 Å². The van der Waals surface area contributed by atoms with E-state index in [1.54, 1.807) is 0 Å². The molecule has 1 amide bonds. The third-order valence-corrected chi connectivity index (χ3v) is 3.34. The summed E-state index contributed by atoms with van der Waals surface area (Å²) in [6, 6.07) is 17.4. The molecule has 0 saturated carbocycles. The van der Waals surface area contributed by atoms with Crippen LogP contribution in [0, 0.1) is 0 Å². The van der Waals surface area contributed by atoms with Crippen LogP contribution >= 0.6 is 0 Å². The van der Waals surface area contributed by atoms with Crippen molar-refractivity contribution in [2.24, 2.45) is 0 Å². The molecule has 2 rings (SSSR count). The number of nitrogens with one attached hydrogen (secondary N) is 1. The first kappa shape index (κ1) is 14.1. The van der Waals surface area contributed by atoms with Gasteiger partial charge in [-0.2, -0.15) is 0 Å². The molecule has 104 valence electrons. The van der Waals surface area contributed by atoms with E-state index in [0.29, 0.717) is 12.2 Å². The Balaban J connectivity index is 2.00. The second-order valence-electron chi connectivity index (χ2n) is 4.83. The Morgan fingerprint density at radius 1 is 1.15 bits per heavy atom. The number of nitrogen functional groups attached to an aromatic ring is 1.